The monoisotopic (exact) mass is 526 g/mol. The van der Waals surface area contributed by atoms with Crippen LogP contribution in [0.15, 0.2) is 138 Å². The maximum Gasteiger partial charge on any atom is 0.227 e. The molecule has 0 fully saturated rings. The molecule has 0 spiro atoms. The molecule has 0 saturated carbocycles. The van der Waals surface area contributed by atoms with Crippen LogP contribution >= 0.6 is 0 Å². The summed E-state index contributed by atoms with van der Waals surface area (Å²) in [6.07, 6.45) is 0. The van der Waals surface area contributed by atoms with E-state index in [9.17, 15) is 0 Å². The number of oxazole rings is 1. The van der Waals surface area contributed by atoms with E-state index >= 15 is 0 Å². The van der Waals surface area contributed by atoms with Crippen LogP contribution in [0.4, 0.5) is 0 Å². The van der Waals surface area contributed by atoms with E-state index in [0.29, 0.717) is 23.4 Å². The summed E-state index contributed by atoms with van der Waals surface area (Å²) in [4.78, 5) is 20.0. The Balaban J connectivity index is 1.47. The summed E-state index contributed by atoms with van der Waals surface area (Å²) in [6, 6.07) is 44.6. The van der Waals surface area contributed by atoms with Crippen molar-refractivity contribution in [2.45, 2.75) is 0 Å². The molecule has 5 heteroatoms. The molecule has 8 rings (SSSR count). The first-order chi connectivity index (χ1) is 20.3. The summed E-state index contributed by atoms with van der Waals surface area (Å²) in [7, 11) is 0. The lowest BCUT2D eigenvalue weighted by Crippen LogP contribution is -2.00. The molecule has 0 aliphatic heterocycles. The van der Waals surface area contributed by atoms with Crippen molar-refractivity contribution >= 4 is 32.6 Å². The Labute approximate surface area is 235 Å². The fraction of sp³-hybridized carbons (Fsp3) is 0. The van der Waals surface area contributed by atoms with Crippen LogP contribution in [0.5, 0.6) is 0 Å². The topological polar surface area (TPSA) is 64.7 Å². The Morgan fingerprint density at radius 3 is 1.54 bits per heavy atom. The van der Waals surface area contributed by atoms with Crippen LogP contribution in [0.2, 0.25) is 0 Å². The van der Waals surface area contributed by atoms with Gasteiger partial charge in [0.15, 0.2) is 23.1 Å². The predicted octanol–water partition coefficient (Wildman–Crippen LogP) is 8.99. The van der Waals surface area contributed by atoms with Crippen molar-refractivity contribution in [3.05, 3.63) is 133 Å². The first-order valence-corrected chi connectivity index (χ1v) is 13.5. The Bertz CT molecular complexity index is 2130. The highest BCUT2D eigenvalue weighted by atomic mass is 16.3. The van der Waals surface area contributed by atoms with Crippen molar-refractivity contribution in [3.8, 4) is 45.6 Å². The maximum absolute atomic E-state index is 6.49. The van der Waals surface area contributed by atoms with Gasteiger partial charge in [-0.15, -0.1) is 0 Å². The lowest BCUT2D eigenvalue weighted by atomic mass is 9.96. The fourth-order valence-corrected chi connectivity index (χ4v) is 5.44. The van der Waals surface area contributed by atoms with Gasteiger partial charge in [0.05, 0.1) is 0 Å². The second-order valence-corrected chi connectivity index (χ2v) is 9.87. The molecule has 6 aromatic carbocycles. The minimum absolute atomic E-state index is 0.582. The summed E-state index contributed by atoms with van der Waals surface area (Å²) in [5, 5.41) is 4.14. The van der Waals surface area contributed by atoms with Crippen molar-refractivity contribution < 1.29 is 4.42 Å². The Kier molecular flexibility index (Phi) is 5.38. The number of hydrogen-bond acceptors (Lipinski definition) is 5. The highest BCUT2D eigenvalue weighted by molar-refractivity contribution is 6.26. The van der Waals surface area contributed by atoms with Crippen molar-refractivity contribution in [3.63, 3.8) is 0 Å². The molecule has 0 unspecified atom stereocenters. The summed E-state index contributed by atoms with van der Waals surface area (Å²) in [6.45, 7) is 0. The normalized spacial score (nSPS) is 11.4. The zero-order valence-electron chi connectivity index (χ0n) is 21.9. The van der Waals surface area contributed by atoms with Crippen LogP contribution in [-0.2, 0) is 0 Å². The third-order valence-electron chi connectivity index (χ3n) is 7.35. The van der Waals surface area contributed by atoms with E-state index in [1.165, 1.54) is 0 Å². The lowest BCUT2D eigenvalue weighted by Gasteiger charge is -2.12. The largest absolute Gasteiger partial charge is 0.435 e. The standard InChI is InChI=1S/C36H22N4O/c1-4-13-23(14-5-1)33-38-34(24-15-6-2-7-16-24)40-35(39-33)29-22-12-21-27-26-19-10-11-20-28(26)32-31(30(27)29)37-36(41-32)25-17-8-3-9-18-25/h1-22H. The summed E-state index contributed by atoms with van der Waals surface area (Å²) in [5.74, 6) is 2.41. The van der Waals surface area contributed by atoms with E-state index in [2.05, 4.69) is 36.4 Å². The molecular formula is C36H22N4O. The van der Waals surface area contributed by atoms with Crippen molar-refractivity contribution in [2.24, 2.45) is 0 Å². The second-order valence-electron chi connectivity index (χ2n) is 9.87. The van der Waals surface area contributed by atoms with Gasteiger partial charge in [0.1, 0.15) is 5.52 Å². The maximum atomic E-state index is 6.49. The molecule has 8 aromatic rings. The summed E-state index contributed by atoms with van der Waals surface area (Å²) >= 11 is 0. The molecule has 0 atom stereocenters. The van der Waals surface area contributed by atoms with Crippen LogP contribution in [0, 0.1) is 0 Å². The molecular weight excluding hydrogens is 504 g/mol. The highest BCUT2D eigenvalue weighted by Gasteiger charge is 2.21. The van der Waals surface area contributed by atoms with E-state index in [0.717, 1.165) is 54.9 Å². The summed E-state index contributed by atoms with van der Waals surface area (Å²) < 4.78 is 6.49. The molecule has 192 valence electrons. The van der Waals surface area contributed by atoms with E-state index in [-0.39, 0.29) is 0 Å². The highest BCUT2D eigenvalue weighted by Crippen LogP contribution is 2.41. The Hall–Kier alpha value is -5.68. The van der Waals surface area contributed by atoms with Gasteiger partial charge in [-0.3, -0.25) is 0 Å². The predicted molar refractivity (Wildman–Crippen MR) is 164 cm³/mol. The number of aromatic nitrogens is 4. The molecule has 0 radical (unpaired) electrons. The molecule has 2 heterocycles. The molecule has 2 aromatic heterocycles. The minimum Gasteiger partial charge on any atom is -0.435 e. The first kappa shape index (κ1) is 23.2. The smallest absolute Gasteiger partial charge is 0.227 e. The van der Waals surface area contributed by atoms with Crippen LogP contribution in [0.1, 0.15) is 0 Å². The minimum atomic E-state index is 0.582. The number of benzene rings is 6. The SMILES string of the molecule is c1ccc(-c2nc(-c3ccccc3)nc(-c3cccc4c5ccccc5c5oc(-c6ccccc6)nc5c34)n2)cc1. The third-order valence-corrected chi connectivity index (χ3v) is 7.35. The van der Waals surface area contributed by atoms with Crippen molar-refractivity contribution in [1.82, 2.24) is 19.9 Å². The summed E-state index contributed by atoms with van der Waals surface area (Å²) in [5.41, 5.74) is 5.20. The molecule has 5 nitrogen and oxygen atoms in total. The van der Waals surface area contributed by atoms with Gasteiger partial charge in [-0.1, -0.05) is 121 Å². The molecule has 0 saturated heterocycles. The third kappa shape index (κ3) is 3.95. The van der Waals surface area contributed by atoms with E-state index in [1.807, 2.05) is 97.1 Å². The van der Waals surface area contributed by atoms with Crippen LogP contribution in [0.3, 0.4) is 0 Å². The van der Waals surface area contributed by atoms with Crippen molar-refractivity contribution in [1.29, 1.82) is 0 Å². The Morgan fingerprint density at radius 2 is 0.902 bits per heavy atom. The van der Waals surface area contributed by atoms with Gasteiger partial charge in [0.25, 0.3) is 0 Å². The van der Waals surface area contributed by atoms with Crippen LogP contribution in [0.25, 0.3) is 78.3 Å². The lowest BCUT2D eigenvalue weighted by molar-refractivity contribution is 0.623. The molecule has 0 bridgehead atoms. The van der Waals surface area contributed by atoms with Crippen molar-refractivity contribution in [2.75, 3.05) is 0 Å². The van der Waals surface area contributed by atoms with Gasteiger partial charge in [-0.25, -0.2) is 19.9 Å². The van der Waals surface area contributed by atoms with Gasteiger partial charge in [0, 0.05) is 33.0 Å². The zero-order valence-corrected chi connectivity index (χ0v) is 21.9. The molecule has 0 N–H and O–H groups in total. The number of rotatable bonds is 4. The molecule has 41 heavy (non-hydrogen) atoms. The Morgan fingerprint density at radius 1 is 0.390 bits per heavy atom. The van der Waals surface area contributed by atoms with E-state index in [4.69, 9.17) is 24.4 Å². The van der Waals surface area contributed by atoms with Gasteiger partial charge < -0.3 is 4.42 Å². The van der Waals surface area contributed by atoms with E-state index in [1.54, 1.807) is 0 Å². The first-order valence-electron chi connectivity index (χ1n) is 13.5. The molecule has 0 amide bonds. The van der Waals surface area contributed by atoms with Crippen LogP contribution < -0.4 is 0 Å². The zero-order chi connectivity index (χ0) is 27.2. The van der Waals surface area contributed by atoms with Gasteiger partial charge in [-0.05, 0) is 22.9 Å². The quantitative estimate of drug-likeness (QED) is 0.214. The molecule has 0 aliphatic carbocycles. The van der Waals surface area contributed by atoms with Gasteiger partial charge in [0.2, 0.25) is 5.89 Å². The average molecular weight is 527 g/mol. The van der Waals surface area contributed by atoms with Crippen LogP contribution in [-0.4, -0.2) is 19.9 Å². The second kappa shape index (κ2) is 9.50. The average Bonchev–Trinajstić information content (AvgIpc) is 3.52. The molecule has 0 aliphatic rings. The number of hydrogen-bond donors (Lipinski definition) is 0. The van der Waals surface area contributed by atoms with Gasteiger partial charge >= 0.3 is 0 Å². The van der Waals surface area contributed by atoms with Gasteiger partial charge in [-0.2, -0.15) is 0 Å². The number of nitrogens with zero attached hydrogens (tertiary/aromatic N) is 4. The number of fused-ring (bicyclic) bond motifs is 6. The van der Waals surface area contributed by atoms with E-state index < -0.39 is 0 Å². The fourth-order valence-electron chi connectivity index (χ4n) is 5.44.